The van der Waals surface area contributed by atoms with Gasteiger partial charge < -0.3 is 24.6 Å². The predicted molar refractivity (Wildman–Crippen MR) is 250 cm³/mol. The van der Waals surface area contributed by atoms with Crippen LogP contribution >= 0.6 is 46.4 Å². The van der Waals surface area contributed by atoms with Gasteiger partial charge in [0.15, 0.2) is 0 Å². The van der Waals surface area contributed by atoms with Gasteiger partial charge in [-0.05, 0) is 114 Å². The van der Waals surface area contributed by atoms with Gasteiger partial charge in [-0.2, -0.15) is 0 Å². The zero-order valence-corrected chi connectivity index (χ0v) is 37.9. The molecule has 5 aromatic carbocycles. The van der Waals surface area contributed by atoms with Gasteiger partial charge in [0.25, 0.3) is 0 Å². The van der Waals surface area contributed by atoms with E-state index in [1.54, 1.807) is 12.1 Å². The number of likely N-dealkylation sites (tertiary alicyclic amines) is 1. The Kier molecular flexibility index (Phi) is 15.8. The molecule has 0 spiro atoms. The molecule has 11 heteroatoms. The van der Waals surface area contributed by atoms with E-state index in [-0.39, 0.29) is 30.1 Å². The fraction of sp³-hybridized carbons (Fsp3) is 0.353. The van der Waals surface area contributed by atoms with Gasteiger partial charge in [-0.3, -0.25) is 9.59 Å². The molecule has 5 aromatic rings. The van der Waals surface area contributed by atoms with Crippen LogP contribution in [0.3, 0.4) is 0 Å². The van der Waals surface area contributed by atoms with Crippen LogP contribution in [-0.2, 0) is 45.9 Å². The van der Waals surface area contributed by atoms with Crippen LogP contribution in [0, 0.1) is 0 Å². The molecular weight excluding hydrogens is 860 g/mol. The SMILES string of the molecule is O=C(CC(CCN1CCC(O)(c2ccccc2)CC1)c1ccc(Cl)c(Cl)c1)N1CCc2ccccc2C1.O=CCC(CC(=O)N1CCc2ccccc2C1)c1ccc(Cl)c(Cl)c1. The molecule has 8 rings (SSSR count). The van der Waals surface area contributed by atoms with Gasteiger partial charge in [0.1, 0.15) is 6.29 Å². The summed E-state index contributed by atoms with van der Waals surface area (Å²) in [4.78, 5) is 43.6. The van der Waals surface area contributed by atoms with E-state index in [9.17, 15) is 19.5 Å². The average molecular weight is 914 g/mol. The number of halogens is 4. The monoisotopic (exact) mass is 911 g/mol. The fourth-order valence-electron chi connectivity index (χ4n) is 8.99. The molecule has 7 nitrogen and oxygen atoms in total. The summed E-state index contributed by atoms with van der Waals surface area (Å²) >= 11 is 24.6. The first-order valence-electron chi connectivity index (χ1n) is 21.5. The quantitative estimate of drug-likeness (QED) is 0.126. The second-order valence-corrected chi connectivity index (χ2v) is 18.4. The standard InChI is InChI=1S/C31H34Cl2N2O2.C20H19Cl2NO2/c32-28-11-10-24(20-29(28)33)25(21-30(36)35-17-13-23-6-4-5-7-26(23)22-35)12-16-34-18-14-31(37,15-19-34)27-8-2-1-3-9-27;21-18-6-5-15(11-19(18)22)16(8-10-24)12-20(25)23-9-7-14-3-1-2-4-17(14)13-23/h1-11,20,25,37H,12-19,21-22H2;1-6,10-11,16H,7-9,12-13H2. The third-order valence-corrected chi connectivity index (χ3v) is 14.3. The van der Waals surface area contributed by atoms with Gasteiger partial charge in [-0.1, -0.05) is 137 Å². The first-order valence-corrected chi connectivity index (χ1v) is 23.0. The number of nitrogens with zero attached hydrogens (tertiary/aromatic N) is 3. The molecule has 62 heavy (non-hydrogen) atoms. The molecule has 2 amide bonds. The smallest absolute Gasteiger partial charge is 0.223 e. The summed E-state index contributed by atoms with van der Waals surface area (Å²) < 4.78 is 0. The Labute approximate surface area is 385 Å². The van der Waals surface area contributed by atoms with Gasteiger partial charge in [-0.25, -0.2) is 0 Å². The van der Waals surface area contributed by atoms with Gasteiger partial charge in [0, 0.05) is 58.5 Å². The van der Waals surface area contributed by atoms with Gasteiger partial charge in [0.05, 0.1) is 25.7 Å². The van der Waals surface area contributed by atoms with Crippen molar-refractivity contribution in [1.82, 2.24) is 14.7 Å². The highest BCUT2D eigenvalue weighted by molar-refractivity contribution is 6.42. The van der Waals surface area contributed by atoms with E-state index in [1.165, 1.54) is 22.3 Å². The molecule has 0 radical (unpaired) electrons. The predicted octanol–water partition coefficient (Wildman–Crippen LogP) is 11.1. The van der Waals surface area contributed by atoms with Gasteiger partial charge in [-0.15, -0.1) is 0 Å². The minimum atomic E-state index is -0.763. The van der Waals surface area contributed by atoms with Crippen molar-refractivity contribution < 1.29 is 19.5 Å². The normalized spacial score (nSPS) is 16.9. The van der Waals surface area contributed by atoms with Crippen LogP contribution < -0.4 is 0 Å². The Bertz CT molecular complexity index is 2330. The number of hydrogen-bond donors (Lipinski definition) is 1. The van der Waals surface area contributed by atoms with Crippen LogP contribution in [0.25, 0.3) is 0 Å². The number of hydrogen-bond acceptors (Lipinski definition) is 5. The van der Waals surface area contributed by atoms with Crippen LogP contribution in [0.2, 0.25) is 20.1 Å². The Balaban J connectivity index is 0.000000201. The van der Waals surface area contributed by atoms with E-state index in [2.05, 4.69) is 35.2 Å². The van der Waals surface area contributed by atoms with Gasteiger partial charge >= 0.3 is 0 Å². The van der Waals surface area contributed by atoms with Crippen LogP contribution in [0.1, 0.15) is 89.3 Å². The van der Waals surface area contributed by atoms with Crippen LogP contribution in [0.15, 0.2) is 115 Å². The summed E-state index contributed by atoms with van der Waals surface area (Å²) in [5.41, 5.74) is 7.24. The number of carbonyl (C=O) groups is 3. The zero-order chi connectivity index (χ0) is 43.6. The molecule has 2 atom stereocenters. The highest BCUT2D eigenvalue weighted by Crippen LogP contribution is 2.36. The first kappa shape index (κ1) is 45.8. The summed E-state index contributed by atoms with van der Waals surface area (Å²) in [5.74, 6) is 0.112. The van der Waals surface area contributed by atoms with E-state index in [0.717, 1.165) is 68.4 Å². The lowest BCUT2D eigenvalue weighted by atomic mass is 9.84. The number of aliphatic hydroxyl groups is 1. The Morgan fingerprint density at radius 2 is 1.06 bits per heavy atom. The average Bonchev–Trinajstić information content (AvgIpc) is 3.30. The second kappa shape index (κ2) is 21.4. The number of carbonyl (C=O) groups excluding carboxylic acids is 3. The zero-order valence-electron chi connectivity index (χ0n) is 34.8. The molecule has 0 aromatic heterocycles. The molecule has 1 N–H and O–H groups in total. The van der Waals surface area contributed by atoms with E-state index in [4.69, 9.17) is 46.4 Å². The minimum absolute atomic E-state index is 0.0503. The van der Waals surface area contributed by atoms with E-state index in [1.807, 2.05) is 82.6 Å². The number of rotatable bonds is 12. The van der Waals surface area contributed by atoms with Crippen molar-refractivity contribution in [2.24, 2.45) is 0 Å². The van der Waals surface area contributed by atoms with E-state index >= 15 is 0 Å². The number of piperidine rings is 1. The Morgan fingerprint density at radius 1 is 0.597 bits per heavy atom. The number of benzene rings is 5. The summed E-state index contributed by atoms with van der Waals surface area (Å²) in [6.07, 6.45) is 5.91. The second-order valence-electron chi connectivity index (χ2n) is 16.7. The molecule has 0 bridgehead atoms. The highest BCUT2D eigenvalue weighted by Gasteiger charge is 2.34. The summed E-state index contributed by atoms with van der Waals surface area (Å²) in [6, 6.07) is 37.6. The van der Waals surface area contributed by atoms with E-state index in [0.29, 0.717) is 65.4 Å². The summed E-state index contributed by atoms with van der Waals surface area (Å²) in [5, 5.41) is 13.2. The van der Waals surface area contributed by atoms with E-state index < -0.39 is 5.60 Å². The topological polar surface area (TPSA) is 81.2 Å². The third kappa shape index (κ3) is 11.7. The maximum Gasteiger partial charge on any atom is 0.223 e. The molecule has 1 fully saturated rings. The maximum absolute atomic E-state index is 13.5. The lowest BCUT2D eigenvalue weighted by Crippen LogP contribution is -2.43. The van der Waals surface area contributed by atoms with Crippen molar-refractivity contribution in [2.75, 3.05) is 32.7 Å². The Hall–Kier alpha value is -4.21. The fourth-order valence-corrected chi connectivity index (χ4v) is 9.60. The van der Waals surface area contributed by atoms with Crippen molar-refractivity contribution in [2.45, 2.75) is 81.9 Å². The minimum Gasteiger partial charge on any atom is -0.385 e. The summed E-state index contributed by atoms with van der Waals surface area (Å²) in [7, 11) is 0. The van der Waals surface area contributed by atoms with Crippen molar-refractivity contribution >= 4 is 64.5 Å². The number of amides is 2. The molecule has 1 saturated heterocycles. The molecule has 324 valence electrons. The van der Waals surface area contributed by atoms with Crippen molar-refractivity contribution in [3.8, 4) is 0 Å². The molecular formula is C51H53Cl4N3O4. The molecule has 0 saturated carbocycles. The highest BCUT2D eigenvalue weighted by atomic mass is 35.5. The van der Waals surface area contributed by atoms with Crippen molar-refractivity contribution in [1.29, 1.82) is 0 Å². The number of aldehydes is 1. The third-order valence-electron chi connectivity index (χ3n) is 12.8. The van der Waals surface area contributed by atoms with Crippen molar-refractivity contribution in [3.63, 3.8) is 0 Å². The Morgan fingerprint density at radius 3 is 1.56 bits per heavy atom. The van der Waals surface area contributed by atoms with Gasteiger partial charge in [0.2, 0.25) is 11.8 Å². The molecule has 3 heterocycles. The lowest BCUT2D eigenvalue weighted by Gasteiger charge is -2.39. The van der Waals surface area contributed by atoms with Crippen LogP contribution in [0.5, 0.6) is 0 Å². The van der Waals surface area contributed by atoms with Crippen LogP contribution in [-0.4, -0.2) is 70.6 Å². The lowest BCUT2D eigenvalue weighted by molar-refractivity contribution is -0.133. The summed E-state index contributed by atoms with van der Waals surface area (Å²) in [6.45, 7) is 5.30. The first-order chi connectivity index (χ1) is 30.0. The molecule has 3 aliphatic rings. The maximum atomic E-state index is 13.5. The molecule has 0 aliphatic carbocycles. The number of fused-ring (bicyclic) bond motifs is 2. The van der Waals surface area contributed by atoms with Crippen molar-refractivity contribution in [3.05, 3.63) is 174 Å². The van der Waals surface area contributed by atoms with Crippen LogP contribution in [0.4, 0.5) is 0 Å². The molecule has 2 unspecified atom stereocenters. The molecule has 3 aliphatic heterocycles. The largest absolute Gasteiger partial charge is 0.385 e.